The summed E-state index contributed by atoms with van der Waals surface area (Å²) in [6.45, 7) is 9.61. The number of amides is 1. The van der Waals surface area contributed by atoms with Crippen molar-refractivity contribution in [2.45, 2.75) is 40.7 Å². The number of carbonyl (C=O) groups excluding carboxylic acids is 1. The zero-order valence-electron chi connectivity index (χ0n) is 17.1. The number of nitrogens with zero attached hydrogens (tertiary/aromatic N) is 1. The monoisotopic (exact) mass is 466 g/mol. The minimum absolute atomic E-state index is 0.222. The van der Waals surface area contributed by atoms with Gasteiger partial charge in [-0.1, -0.05) is 28.1 Å². The van der Waals surface area contributed by atoms with Gasteiger partial charge in [-0.2, -0.15) is 0 Å². The lowest BCUT2D eigenvalue weighted by molar-refractivity contribution is -0.120. The minimum atomic E-state index is -3.61. The summed E-state index contributed by atoms with van der Waals surface area (Å²) in [6.07, 6.45) is 1.11. The molecule has 0 saturated heterocycles. The van der Waals surface area contributed by atoms with Crippen molar-refractivity contribution in [1.82, 2.24) is 5.32 Å². The zero-order valence-corrected chi connectivity index (χ0v) is 19.5. The van der Waals surface area contributed by atoms with Crippen LogP contribution in [0, 0.1) is 27.7 Å². The molecule has 0 aromatic heterocycles. The van der Waals surface area contributed by atoms with Crippen LogP contribution in [-0.2, 0) is 14.8 Å². The number of benzene rings is 2. The third-order valence-electron chi connectivity index (χ3n) is 4.84. The van der Waals surface area contributed by atoms with E-state index in [2.05, 4.69) is 40.3 Å². The lowest BCUT2D eigenvalue weighted by atomic mass is 9.96. The highest BCUT2D eigenvalue weighted by Gasteiger charge is 2.22. The van der Waals surface area contributed by atoms with Crippen LogP contribution in [0.25, 0.3) is 0 Å². The summed E-state index contributed by atoms with van der Waals surface area (Å²) in [7, 11) is -3.61. The molecule has 5 nitrogen and oxygen atoms in total. The van der Waals surface area contributed by atoms with Gasteiger partial charge in [-0.3, -0.25) is 9.10 Å². The second kappa shape index (κ2) is 8.66. The number of aryl methyl sites for hydroxylation is 4. The summed E-state index contributed by atoms with van der Waals surface area (Å²) in [6, 6.07) is 9.15. The molecule has 2 aromatic carbocycles. The van der Waals surface area contributed by atoms with Gasteiger partial charge in [-0.15, -0.1) is 0 Å². The van der Waals surface area contributed by atoms with Gasteiger partial charge in [0, 0.05) is 4.47 Å². The lowest BCUT2D eigenvalue weighted by Crippen LogP contribution is -2.41. The van der Waals surface area contributed by atoms with E-state index >= 15 is 0 Å². The van der Waals surface area contributed by atoms with Crippen LogP contribution in [0.2, 0.25) is 0 Å². The third kappa shape index (κ3) is 5.35. The Balaban J connectivity index is 2.22. The SMILES string of the molecule is Cc1cc(C)c(C(C)NC(=O)CN(c2ccc(Br)c(C)c2)S(C)(=O)=O)cc1C. The Bertz CT molecular complexity index is 1000. The molecule has 1 unspecified atom stereocenters. The second-order valence-electron chi connectivity index (χ2n) is 7.29. The van der Waals surface area contributed by atoms with Gasteiger partial charge >= 0.3 is 0 Å². The van der Waals surface area contributed by atoms with Crippen LogP contribution in [0.4, 0.5) is 5.69 Å². The van der Waals surface area contributed by atoms with Crippen molar-refractivity contribution in [3.05, 3.63) is 62.6 Å². The van der Waals surface area contributed by atoms with Crippen LogP contribution in [-0.4, -0.2) is 27.1 Å². The Labute approximate surface area is 176 Å². The molecule has 1 atom stereocenters. The number of carbonyl (C=O) groups is 1. The van der Waals surface area contributed by atoms with Crippen molar-refractivity contribution in [2.75, 3.05) is 17.1 Å². The Hall–Kier alpha value is -1.86. The van der Waals surface area contributed by atoms with Gasteiger partial charge in [-0.25, -0.2) is 8.42 Å². The number of halogens is 1. The molecule has 0 bridgehead atoms. The normalized spacial score (nSPS) is 12.5. The van der Waals surface area contributed by atoms with E-state index in [1.807, 2.05) is 27.7 Å². The molecule has 1 amide bonds. The topological polar surface area (TPSA) is 66.5 Å². The molecule has 7 heteroatoms. The van der Waals surface area contributed by atoms with E-state index in [0.29, 0.717) is 5.69 Å². The number of anilines is 1. The molecule has 0 spiro atoms. The summed E-state index contributed by atoms with van der Waals surface area (Å²) < 4.78 is 26.6. The summed E-state index contributed by atoms with van der Waals surface area (Å²) in [5.41, 5.74) is 5.85. The highest BCUT2D eigenvalue weighted by atomic mass is 79.9. The van der Waals surface area contributed by atoms with Crippen molar-refractivity contribution < 1.29 is 13.2 Å². The molecule has 2 rings (SSSR count). The summed E-state index contributed by atoms with van der Waals surface area (Å²) in [5, 5.41) is 2.93. The summed E-state index contributed by atoms with van der Waals surface area (Å²) in [5.74, 6) is -0.351. The fourth-order valence-electron chi connectivity index (χ4n) is 3.13. The first-order valence-electron chi connectivity index (χ1n) is 9.01. The quantitative estimate of drug-likeness (QED) is 0.688. The molecule has 0 aliphatic heterocycles. The molecule has 0 radical (unpaired) electrons. The number of rotatable bonds is 6. The number of hydrogen-bond donors (Lipinski definition) is 1. The standard InChI is InChI=1S/C21H27BrN2O3S/c1-13-9-15(3)19(11-14(13)2)17(5)23-21(25)12-24(28(6,26)27)18-7-8-20(22)16(4)10-18/h7-11,17H,12H2,1-6H3,(H,23,25). The van der Waals surface area contributed by atoms with E-state index in [1.54, 1.807) is 18.2 Å². The Morgan fingerprint density at radius 1 is 1.04 bits per heavy atom. The first-order chi connectivity index (χ1) is 12.9. The van der Waals surface area contributed by atoms with E-state index < -0.39 is 10.0 Å². The Kier molecular flexibility index (Phi) is 6.93. The van der Waals surface area contributed by atoms with E-state index in [9.17, 15) is 13.2 Å². The van der Waals surface area contributed by atoms with Gasteiger partial charge in [0.05, 0.1) is 18.0 Å². The molecule has 28 heavy (non-hydrogen) atoms. The predicted molar refractivity (Wildman–Crippen MR) is 118 cm³/mol. The maximum Gasteiger partial charge on any atom is 0.241 e. The van der Waals surface area contributed by atoms with E-state index in [0.717, 1.165) is 37.3 Å². The summed E-state index contributed by atoms with van der Waals surface area (Å²) >= 11 is 3.41. The highest BCUT2D eigenvalue weighted by Crippen LogP contribution is 2.25. The van der Waals surface area contributed by atoms with Gasteiger partial charge in [0.2, 0.25) is 15.9 Å². The Morgan fingerprint density at radius 3 is 2.21 bits per heavy atom. The zero-order chi connectivity index (χ0) is 21.2. The van der Waals surface area contributed by atoms with Gasteiger partial charge in [-0.05, 0) is 80.6 Å². The van der Waals surface area contributed by atoms with Gasteiger partial charge < -0.3 is 5.32 Å². The van der Waals surface area contributed by atoms with Gasteiger partial charge in [0.15, 0.2) is 0 Å². The average Bonchev–Trinajstić information content (AvgIpc) is 2.57. The van der Waals surface area contributed by atoms with Crippen molar-refractivity contribution in [3.63, 3.8) is 0 Å². The van der Waals surface area contributed by atoms with Crippen LogP contribution in [0.1, 0.15) is 40.8 Å². The highest BCUT2D eigenvalue weighted by molar-refractivity contribution is 9.10. The second-order valence-corrected chi connectivity index (χ2v) is 10.0. The molecule has 0 aliphatic carbocycles. The van der Waals surface area contributed by atoms with E-state index in [4.69, 9.17) is 0 Å². The van der Waals surface area contributed by atoms with Gasteiger partial charge in [0.1, 0.15) is 6.54 Å². The third-order valence-corrected chi connectivity index (χ3v) is 6.87. The van der Waals surface area contributed by atoms with Crippen LogP contribution in [0.3, 0.4) is 0 Å². The van der Waals surface area contributed by atoms with Crippen LogP contribution in [0.15, 0.2) is 34.8 Å². The molecular weight excluding hydrogens is 440 g/mol. The molecule has 0 fully saturated rings. The predicted octanol–water partition coefficient (Wildman–Crippen LogP) is 4.33. The van der Waals surface area contributed by atoms with Crippen LogP contribution in [0.5, 0.6) is 0 Å². The maximum atomic E-state index is 12.6. The van der Waals surface area contributed by atoms with Crippen LogP contribution < -0.4 is 9.62 Å². The summed E-state index contributed by atoms with van der Waals surface area (Å²) in [4.78, 5) is 12.6. The minimum Gasteiger partial charge on any atom is -0.348 e. The number of hydrogen-bond acceptors (Lipinski definition) is 3. The number of nitrogens with one attached hydrogen (secondary N) is 1. The van der Waals surface area contributed by atoms with Gasteiger partial charge in [0.25, 0.3) is 0 Å². The molecule has 1 N–H and O–H groups in total. The lowest BCUT2D eigenvalue weighted by Gasteiger charge is -2.24. The van der Waals surface area contributed by atoms with E-state index in [-0.39, 0.29) is 18.5 Å². The van der Waals surface area contributed by atoms with E-state index in [1.165, 1.54) is 5.56 Å². The molecule has 2 aromatic rings. The molecule has 152 valence electrons. The van der Waals surface area contributed by atoms with Crippen molar-refractivity contribution in [2.24, 2.45) is 0 Å². The average molecular weight is 467 g/mol. The van der Waals surface area contributed by atoms with Crippen molar-refractivity contribution in [3.8, 4) is 0 Å². The molecule has 0 aliphatic rings. The maximum absolute atomic E-state index is 12.6. The fourth-order valence-corrected chi connectivity index (χ4v) is 4.22. The molecular formula is C21H27BrN2O3S. The number of sulfonamides is 1. The van der Waals surface area contributed by atoms with Crippen molar-refractivity contribution >= 4 is 37.5 Å². The molecule has 0 saturated carbocycles. The Morgan fingerprint density at radius 2 is 1.64 bits per heavy atom. The largest absolute Gasteiger partial charge is 0.348 e. The van der Waals surface area contributed by atoms with Crippen LogP contribution >= 0.6 is 15.9 Å². The fraction of sp³-hybridized carbons (Fsp3) is 0.381. The van der Waals surface area contributed by atoms with Crippen molar-refractivity contribution in [1.29, 1.82) is 0 Å². The first kappa shape index (κ1) is 22.4. The smallest absolute Gasteiger partial charge is 0.241 e. The first-order valence-corrected chi connectivity index (χ1v) is 11.6. The molecule has 0 heterocycles.